The minimum Gasteiger partial charge on any atom is -0.323 e. The van der Waals surface area contributed by atoms with Crippen molar-refractivity contribution >= 4 is 5.91 Å². The molecule has 2 aliphatic rings. The molecule has 3 heteroatoms. The quantitative estimate of drug-likeness (QED) is 0.766. The minimum atomic E-state index is 0.0575. The van der Waals surface area contributed by atoms with E-state index in [-0.39, 0.29) is 6.04 Å². The molecular weight excluding hydrogens is 188 g/mol. The molecule has 0 aromatic rings. The SMILES string of the molecule is CCCC1NC(C(C)C)C(=O)N1C1CC1. The summed E-state index contributed by atoms with van der Waals surface area (Å²) in [5.41, 5.74) is 0. The van der Waals surface area contributed by atoms with E-state index >= 15 is 0 Å². The molecule has 1 amide bonds. The van der Waals surface area contributed by atoms with Gasteiger partial charge in [0, 0.05) is 6.04 Å². The summed E-state index contributed by atoms with van der Waals surface area (Å²) in [6, 6.07) is 0.604. The van der Waals surface area contributed by atoms with Crippen LogP contribution in [0.15, 0.2) is 0 Å². The van der Waals surface area contributed by atoms with Crippen LogP contribution in [0, 0.1) is 5.92 Å². The molecule has 2 unspecified atom stereocenters. The average molecular weight is 210 g/mol. The largest absolute Gasteiger partial charge is 0.323 e. The van der Waals surface area contributed by atoms with Gasteiger partial charge in [-0.2, -0.15) is 0 Å². The highest BCUT2D eigenvalue weighted by molar-refractivity contribution is 5.85. The molecule has 0 aromatic heterocycles. The van der Waals surface area contributed by atoms with Crippen molar-refractivity contribution in [2.24, 2.45) is 5.92 Å². The van der Waals surface area contributed by atoms with Crippen LogP contribution in [0.3, 0.4) is 0 Å². The Labute approximate surface area is 92.2 Å². The molecule has 1 aliphatic heterocycles. The molecule has 0 radical (unpaired) electrons. The number of hydrogen-bond donors (Lipinski definition) is 1. The minimum absolute atomic E-state index is 0.0575. The summed E-state index contributed by atoms with van der Waals surface area (Å²) in [6.45, 7) is 6.42. The van der Waals surface area contributed by atoms with E-state index in [1.54, 1.807) is 0 Å². The lowest BCUT2D eigenvalue weighted by Crippen LogP contribution is -2.38. The molecule has 86 valence electrons. The summed E-state index contributed by atoms with van der Waals surface area (Å²) in [6.07, 6.45) is 4.95. The zero-order valence-corrected chi connectivity index (χ0v) is 9.99. The van der Waals surface area contributed by atoms with E-state index in [4.69, 9.17) is 0 Å². The molecule has 1 saturated heterocycles. The summed E-state index contributed by atoms with van der Waals surface area (Å²) in [7, 11) is 0. The highest BCUT2D eigenvalue weighted by Crippen LogP contribution is 2.33. The predicted octanol–water partition coefficient (Wildman–Crippen LogP) is 1.73. The van der Waals surface area contributed by atoms with Crippen LogP contribution in [-0.4, -0.2) is 29.1 Å². The van der Waals surface area contributed by atoms with E-state index in [1.165, 1.54) is 12.8 Å². The second kappa shape index (κ2) is 4.12. The smallest absolute Gasteiger partial charge is 0.241 e. The number of nitrogens with one attached hydrogen (secondary N) is 1. The molecule has 2 rings (SSSR count). The fourth-order valence-corrected chi connectivity index (χ4v) is 2.43. The van der Waals surface area contributed by atoms with E-state index < -0.39 is 0 Å². The van der Waals surface area contributed by atoms with Crippen molar-refractivity contribution in [3.05, 3.63) is 0 Å². The van der Waals surface area contributed by atoms with Crippen molar-refractivity contribution in [2.45, 2.75) is 64.7 Å². The number of hydrogen-bond acceptors (Lipinski definition) is 2. The Hall–Kier alpha value is -0.570. The highest BCUT2D eigenvalue weighted by Gasteiger charge is 2.46. The molecule has 1 saturated carbocycles. The molecule has 2 atom stereocenters. The van der Waals surface area contributed by atoms with Gasteiger partial charge in [-0.3, -0.25) is 10.1 Å². The number of nitrogens with zero attached hydrogens (tertiary/aromatic N) is 1. The fourth-order valence-electron chi connectivity index (χ4n) is 2.43. The molecule has 1 aliphatic carbocycles. The van der Waals surface area contributed by atoms with Gasteiger partial charge in [0.15, 0.2) is 0 Å². The zero-order valence-electron chi connectivity index (χ0n) is 9.99. The first kappa shape index (κ1) is 10.9. The van der Waals surface area contributed by atoms with Crippen LogP contribution < -0.4 is 5.32 Å². The molecule has 1 N–H and O–H groups in total. The summed E-state index contributed by atoms with van der Waals surface area (Å²) in [5.74, 6) is 0.742. The summed E-state index contributed by atoms with van der Waals surface area (Å²) < 4.78 is 0. The van der Waals surface area contributed by atoms with Crippen LogP contribution in [0.1, 0.15) is 46.5 Å². The second-order valence-corrected chi connectivity index (χ2v) is 5.17. The maximum absolute atomic E-state index is 12.2. The van der Waals surface area contributed by atoms with E-state index in [9.17, 15) is 4.79 Å². The monoisotopic (exact) mass is 210 g/mol. The predicted molar refractivity (Wildman–Crippen MR) is 60.3 cm³/mol. The van der Waals surface area contributed by atoms with E-state index in [0.29, 0.717) is 24.0 Å². The van der Waals surface area contributed by atoms with Crippen molar-refractivity contribution in [2.75, 3.05) is 0 Å². The van der Waals surface area contributed by atoms with Crippen LogP contribution in [0.25, 0.3) is 0 Å². The van der Waals surface area contributed by atoms with Crippen LogP contribution >= 0.6 is 0 Å². The van der Waals surface area contributed by atoms with E-state index in [2.05, 4.69) is 31.0 Å². The molecular formula is C12H22N2O. The van der Waals surface area contributed by atoms with Crippen LogP contribution in [-0.2, 0) is 4.79 Å². The van der Waals surface area contributed by atoms with Gasteiger partial charge in [-0.05, 0) is 25.2 Å². The fraction of sp³-hybridized carbons (Fsp3) is 0.917. The Morgan fingerprint density at radius 3 is 2.60 bits per heavy atom. The zero-order chi connectivity index (χ0) is 11.0. The molecule has 1 heterocycles. The Morgan fingerprint density at radius 2 is 2.13 bits per heavy atom. The number of amides is 1. The van der Waals surface area contributed by atoms with E-state index in [0.717, 1.165) is 12.8 Å². The Bertz CT molecular complexity index is 248. The first-order valence-electron chi connectivity index (χ1n) is 6.23. The van der Waals surface area contributed by atoms with Crippen molar-refractivity contribution in [3.8, 4) is 0 Å². The standard InChI is InChI=1S/C12H22N2O/c1-4-5-10-13-11(8(2)3)12(15)14(10)9-6-7-9/h8-11,13H,4-7H2,1-3H3. The highest BCUT2D eigenvalue weighted by atomic mass is 16.2. The lowest BCUT2D eigenvalue weighted by Gasteiger charge is -2.23. The van der Waals surface area contributed by atoms with Gasteiger partial charge >= 0.3 is 0 Å². The summed E-state index contributed by atoms with van der Waals surface area (Å²) in [5, 5.41) is 3.49. The van der Waals surface area contributed by atoms with Crippen molar-refractivity contribution < 1.29 is 4.79 Å². The van der Waals surface area contributed by atoms with Crippen LogP contribution in [0.5, 0.6) is 0 Å². The van der Waals surface area contributed by atoms with Gasteiger partial charge < -0.3 is 4.90 Å². The summed E-state index contributed by atoms with van der Waals surface area (Å²) in [4.78, 5) is 14.3. The number of rotatable bonds is 4. The molecule has 2 fully saturated rings. The van der Waals surface area contributed by atoms with Gasteiger partial charge in [-0.15, -0.1) is 0 Å². The molecule has 0 bridgehead atoms. The summed E-state index contributed by atoms with van der Waals surface area (Å²) >= 11 is 0. The molecule has 0 aromatic carbocycles. The molecule has 15 heavy (non-hydrogen) atoms. The Balaban J connectivity index is 2.07. The van der Waals surface area contributed by atoms with Gasteiger partial charge in [-0.1, -0.05) is 27.2 Å². The average Bonchev–Trinajstić information content (AvgIpc) is 2.93. The van der Waals surface area contributed by atoms with Gasteiger partial charge in [0.2, 0.25) is 5.91 Å². The first-order chi connectivity index (χ1) is 7.15. The molecule has 3 nitrogen and oxygen atoms in total. The van der Waals surface area contributed by atoms with Crippen molar-refractivity contribution in [3.63, 3.8) is 0 Å². The Kier molecular flexibility index (Phi) is 3.01. The van der Waals surface area contributed by atoms with E-state index in [1.807, 2.05) is 0 Å². The number of carbonyl (C=O) groups excluding carboxylic acids is 1. The van der Waals surface area contributed by atoms with Crippen molar-refractivity contribution in [1.29, 1.82) is 0 Å². The van der Waals surface area contributed by atoms with Gasteiger partial charge in [-0.25, -0.2) is 0 Å². The maximum atomic E-state index is 12.2. The third-order valence-corrected chi connectivity index (χ3v) is 3.40. The van der Waals surface area contributed by atoms with Gasteiger partial charge in [0.1, 0.15) is 0 Å². The normalized spacial score (nSPS) is 31.7. The third-order valence-electron chi connectivity index (χ3n) is 3.40. The number of carbonyl (C=O) groups is 1. The van der Waals surface area contributed by atoms with Crippen LogP contribution in [0.4, 0.5) is 0 Å². The topological polar surface area (TPSA) is 32.3 Å². The third kappa shape index (κ3) is 2.03. The van der Waals surface area contributed by atoms with Crippen molar-refractivity contribution in [1.82, 2.24) is 10.2 Å². The Morgan fingerprint density at radius 1 is 1.47 bits per heavy atom. The van der Waals surface area contributed by atoms with Crippen LogP contribution in [0.2, 0.25) is 0 Å². The maximum Gasteiger partial charge on any atom is 0.241 e. The van der Waals surface area contributed by atoms with Gasteiger partial charge in [0.25, 0.3) is 0 Å². The first-order valence-corrected chi connectivity index (χ1v) is 6.23. The van der Waals surface area contributed by atoms with Gasteiger partial charge in [0.05, 0.1) is 12.2 Å². The lowest BCUT2D eigenvalue weighted by atomic mass is 10.1. The second-order valence-electron chi connectivity index (χ2n) is 5.17. The lowest BCUT2D eigenvalue weighted by molar-refractivity contribution is -0.131. The molecule has 0 spiro atoms.